The summed E-state index contributed by atoms with van der Waals surface area (Å²) < 4.78 is 1.88. The van der Waals surface area contributed by atoms with Crippen LogP contribution in [0.5, 0.6) is 0 Å². The van der Waals surface area contributed by atoms with Gasteiger partial charge in [-0.15, -0.1) is 0 Å². The second-order valence-corrected chi connectivity index (χ2v) is 3.90. The fourth-order valence-corrected chi connectivity index (χ4v) is 1.74. The minimum Gasteiger partial charge on any atom is -0.238 e. The van der Waals surface area contributed by atoms with Crippen LogP contribution in [0.25, 0.3) is 5.69 Å². The maximum atomic E-state index is 5.97. The molecule has 0 aliphatic heterocycles. The zero-order valence-electron chi connectivity index (χ0n) is 9.28. The van der Waals surface area contributed by atoms with Gasteiger partial charge in [-0.3, -0.25) is 0 Å². The van der Waals surface area contributed by atoms with Gasteiger partial charge in [-0.05, 0) is 32.9 Å². The van der Waals surface area contributed by atoms with E-state index in [1.165, 1.54) is 0 Å². The summed E-state index contributed by atoms with van der Waals surface area (Å²) in [6.45, 7) is 6.04. The van der Waals surface area contributed by atoms with Crippen molar-refractivity contribution in [1.29, 1.82) is 0 Å². The summed E-state index contributed by atoms with van der Waals surface area (Å²) in [5.41, 5.74) is 4.99. The van der Waals surface area contributed by atoms with Gasteiger partial charge in [0.05, 0.1) is 11.4 Å². The van der Waals surface area contributed by atoms with Crippen molar-refractivity contribution >= 4 is 13.3 Å². The number of hydrogen-bond donors (Lipinski definition) is 0. The molecule has 0 bridgehead atoms. The van der Waals surface area contributed by atoms with Crippen molar-refractivity contribution < 1.29 is 0 Å². The minimum absolute atomic E-state index is 0.765. The second-order valence-electron chi connectivity index (χ2n) is 3.90. The maximum Gasteiger partial charge on any atom is 0.116 e. The summed E-state index contributed by atoms with van der Waals surface area (Å²) in [7, 11) is 5.97. The van der Waals surface area contributed by atoms with E-state index < -0.39 is 0 Å². The summed E-state index contributed by atoms with van der Waals surface area (Å²) in [6.07, 6.45) is 0. The molecule has 3 heteroatoms. The van der Waals surface area contributed by atoms with Crippen LogP contribution >= 0.6 is 0 Å². The Bertz CT molecular complexity index is 500. The number of rotatable bonds is 1. The van der Waals surface area contributed by atoms with Crippen LogP contribution in [-0.2, 0) is 0 Å². The number of aromatic nitrogens is 2. The first-order valence-electron chi connectivity index (χ1n) is 4.97. The van der Waals surface area contributed by atoms with E-state index in [9.17, 15) is 0 Å². The Kier molecular flexibility index (Phi) is 2.39. The predicted molar refractivity (Wildman–Crippen MR) is 63.2 cm³/mol. The molecule has 0 aliphatic carbocycles. The van der Waals surface area contributed by atoms with Crippen LogP contribution in [0.2, 0.25) is 0 Å². The molecule has 0 fully saturated rings. The molecule has 0 amide bonds. The third-order valence-corrected chi connectivity index (χ3v) is 2.42. The van der Waals surface area contributed by atoms with Crippen molar-refractivity contribution in [2.45, 2.75) is 20.8 Å². The maximum absolute atomic E-state index is 5.97. The van der Waals surface area contributed by atoms with Crippen LogP contribution in [0, 0.1) is 20.8 Å². The van der Waals surface area contributed by atoms with Gasteiger partial charge in [0.15, 0.2) is 0 Å². The summed E-state index contributed by atoms with van der Waals surface area (Å²) in [4.78, 5) is 0. The monoisotopic (exact) mass is 196 g/mol. The van der Waals surface area contributed by atoms with Gasteiger partial charge < -0.3 is 0 Å². The highest BCUT2D eigenvalue weighted by molar-refractivity contribution is 6.34. The Morgan fingerprint density at radius 1 is 1.13 bits per heavy atom. The van der Waals surface area contributed by atoms with E-state index in [2.05, 4.69) is 5.10 Å². The van der Waals surface area contributed by atoms with Crippen LogP contribution in [0.4, 0.5) is 0 Å². The molecule has 0 atom stereocenters. The van der Waals surface area contributed by atoms with Crippen molar-refractivity contribution in [3.63, 3.8) is 0 Å². The lowest BCUT2D eigenvalue weighted by atomic mass is 9.92. The number of hydrogen-bond acceptors (Lipinski definition) is 1. The van der Waals surface area contributed by atoms with Gasteiger partial charge in [0.2, 0.25) is 0 Å². The molecule has 15 heavy (non-hydrogen) atoms. The van der Waals surface area contributed by atoms with Crippen molar-refractivity contribution in [3.8, 4) is 5.69 Å². The highest BCUT2D eigenvalue weighted by Gasteiger charge is 2.05. The topological polar surface area (TPSA) is 17.8 Å². The zero-order chi connectivity index (χ0) is 11.0. The van der Waals surface area contributed by atoms with Gasteiger partial charge in [0, 0.05) is 5.69 Å². The average molecular weight is 196 g/mol. The van der Waals surface area contributed by atoms with Crippen molar-refractivity contribution in [1.82, 2.24) is 9.78 Å². The molecule has 1 heterocycles. The smallest absolute Gasteiger partial charge is 0.116 e. The van der Waals surface area contributed by atoms with E-state index in [0.717, 1.165) is 28.1 Å². The molecule has 2 rings (SSSR count). The first kappa shape index (κ1) is 10.0. The average Bonchev–Trinajstić information content (AvgIpc) is 2.45. The zero-order valence-corrected chi connectivity index (χ0v) is 9.28. The quantitative estimate of drug-likeness (QED) is 0.633. The first-order valence-corrected chi connectivity index (χ1v) is 4.97. The molecular weight excluding hydrogens is 183 g/mol. The lowest BCUT2D eigenvalue weighted by molar-refractivity contribution is 0.837. The van der Waals surface area contributed by atoms with Gasteiger partial charge in [-0.2, -0.15) is 5.10 Å². The summed E-state index contributed by atoms with van der Waals surface area (Å²) in [5.74, 6) is 0. The normalized spacial score (nSPS) is 10.6. The second kappa shape index (κ2) is 3.57. The molecule has 0 aliphatic rings. The Morgan fingerprint density at radius 2 is 1.87 bits per heavy atom. The Balaban J connectivity index is 2.59. The Labute approximate surface area is 91.3 Å². The van der Waals surface area contributed by atoms with Gasteiger partial charge >= 0.3 is 0 Å². The first-order chi connectivity index (χ1) is 7.08. The summed E-state index contributed by atoms with van der Waals surface area (Å²) in [6, 6.07) is 8.05. The molecule has 2 radical (unpaired) electrons. The molecule has 2 nitrogen and oxygen atoms in total. The third-order valence-electron chi connectivity index (χ3n) is 2.42. The van der Waals surface area contributed by atoms with Crippen LogP contribution in [0.15, 0.2) is 24.3 Å². The van der Waals surface area contributed by atoms with E-state index in [0.29, 0.717) is 0 Å². The molecule has 0 saturated heterocycles. The van der Waals surface area contributed by atoms with Crippen LogP contribution in [0.1, 0.15) is 17.0 Å². The van der Waals surface area contributed by atoms with Crippen molar-refractivity contribution in [2.24, 2.45) is 0 Å². The Hall–Kier alpha value is -1.51. The molecule has 1 aromatic carbocycles. The summed E-state index contributed by atoms with van der Waals surface area (Å²) in [5, 5.41) is 4.41. The number of benzene rings is 1. The molecule has 0 unspecified atom stereocenters. The predicted octanol–water partition coefficient (Wildman–Crippen LogP) is 1.59. The molecule has 0 N–H and O–H groups in total. The molecule has 1 aromatic heterocycles. The van der Waals surface area contributed by atoms with Gasteiger partial charge in [0.25, 0.3) is 0 Å². The van der Waals surface area contributed by atoms with Crippen molar-refractivity contribution in [3.05, 3.63) is 41.2 Å². The third kappa shape index (κ3) is 1.82. The summed E-state index contributed by atoms with van der Waals surface area (Å²) >= 11 is 0. The van der Waals surface area contributed by atoms with Crippen LogP contribution in [-0.4, -0.2) is 17.6 Å². The molecular formula is C12H13BN2. The molecule has 0 spiro atoms. The number of nitrogens with zero attached hydrogens (tertiary/aromatic N) is 2. The van der Waals surface area contributed by atoms with Gasteiger partial charge in [-0.25, -0.2) is 4.68 Å². The highest BCUT2D eigenvalue weighted by atomic mass is 15.3. The highest BCUT2D eigenvalue weighted by Crippen LogP contribution is 2.10. The lowest BCUT2D eigenvalue weighted by Gasteiger charge is -2.09. The van der Waals surface area contributed by atoms with Crippen molar-refractivity contribution in [2.75, 3.05) is 0 Å². The van der Waals surface area contributed by atoms with Crippen LogP contribution < -0.4 is 5.46 Å². The van der Waals surface area contributed by atoms with Gasteiger partial charge in [-0.1, -0.05) is 23.2 Å². The van der Waals surface area contributed by atoms with E-state index in [-0.39, 0.29) is 0 Å². The lowest BCUT2D eigenvalue weighted by Crippen LogP contribution is -2.14. The minimum atomic E-state index is 0.765. The van der Waals surface area contributed by atoms with Crippen LogP contribution in [0.3, 0.4) is 0 Å². The van der Waals surface area contributed by atoms with E-state index >= 15 is 0 Å². The Morgan fingerprint density at radius 3 is 2.40 bits per heavy atom. The molecule has 2 aromatic rings. The van der Waals surface area contributed by atoms with E-state index in [1.807, 2.05) is 49.7 Å². The van der Waals surface area contributed by atoms with E-state index in [1.54, 1.807) is 0 Å². The largest absolute Gasteiger partial charge is 0.238 e. The molecule has 74 valence electrons. The SMILES string of the molecule is [B]c1cc(C)ccc1-n1nc(C)cc1C. The number of aryl methyl sites for hydroxylation is 3. The molecule has 0 saturated carbocycles. The standard InChI is InChI=1S/C12H13BN2/c1-8-4-5-12(11(13)6-8)15-10(3)7-9(2)14-15/h4-7H,1-3H3. The van der Waals surface area contributed by atoms with E-state index in [4.69, 9.17) is 7.85 Å². The fraction of sp³-hybridized carbons (Fsp3) is 0.250. The van der Waals surface area contributed by atoms with Gasteiger partial charge in [0.1, 0.15) is 7.85 Å². The fourth-order valence-electron chi connectivity index (χ4n) is 1.74.